The molecule has 0 aliphatic carbocycles. The van der Waals surface area contributed by atoms with Crippen LogP contribution in [0.3, 0.4) is 0 Å². The van der Waals surface area contributed by atoms with E-state index in [1.165, 1.54) is 0 Å². The highest BCUT2D eigenvalue weighted by molar-refractivity contribution is 7.91. The van der Waals surface area contributed by atoms with Crippen molar-refractivity contribution in [3.63, 3.8) is 0 Å². The first-order valence-electron chi connectivity index (χ1n) is 5.85. The molecule has 0 spiro atoms. The second-order valence-electron chi connectivity index (χ2n) is 4.11. The average molecular weight is 240 g/mol. The van der Waals surface area contributed by atoms with Crippen LogP contribution in [-0.2, 0) is 15.6 Å². The predicted octanol–water partition coefficient (Wildman–Crippen LogP) is 3.18. The maximum Gasteiger partial charge on any atom is 0.157 e. The van der Waals surface area contributed by atoms with Crippen molar-refractivity contribution in [2.24, 2.45) is 0 Å². The Kier molecular flexibility index (Phi) is 5.00. The Bertz CT molecular complexity index is 395. The summed E-state index contributed by atoms with van der Waals surface area (Å²) in [5, 5.41) is -0.183. The van der Waals surface area contributed by atoms with Gasteiger partial charge in [0.2, 0.25) is 0 Å². The highest BCUT2D eigenvalue weighted by Crippen LogP contribution is 2.17. The van der Waals surface area contributed by atoms with E-state index >= 15 is 0 Å². The third kappa shape index (κ3) is 3.63. The second kappa shape index (κ2) is 6.04. The van der Waals surface area contributed by atoms with Crippen LogP contribution in [0.5, 0.6) is 0 Å². The van der Waals surface area contributed by atoms with E-state index in [1.54, 1.807) is 0 Å². The maximum atomic E-state index is 12.1. The Morgan fingerprint density at radius 2 is 1.75 bits per heavy atom. The molecule has 0 saturated heterocycles. The number of sulfone groups is 1. The molecule has 0 bridgehead atoms. The van der Waals surface area contributed by atoms with Gasteiger partial charge in [-0.15, -0.1) is 0 Å². The summed E-state index contributed by atoms with van der Waals surface area (Å²) in [5.41, 5.74) is 0.886. The molecule has 0 aromatic heterocycles. The van der Waals surface area contributed by atoms with E-state index in [0.29, 0.717) is 6.42 Å². The average Bonchev–Trinajstić information content (AvgIpc) is 2.26. The summed E-state index contributed by atoms with van der Waals surface area (Å²) in [6.07, 6.45) is 2.40. The topological polar surface area (TPSA) is 34.1 Å². The molecule has 0 amide bonds. The molecule has 0 heterocycles. The Morgan fingerprint density at radius 3 is 2.25 bits per heavy atom. The van der Waals surface area contributed by atoms with Crippen LogP contribution >= 0.6 is 0 Å². The number of rotatable bonds is 6. The van der Waals surface area contributed by atoms with E-state index in [-0.39, 0.29) is 11.0 Å². The monoisotopic (exact) mass is 240 g/mol. The molecule has 0 radical (unpaired) electrons. The highest BCUT2D eigenvalue weighted by atomic mass is 32.2. The van der Waals surface area contributed by atoms with Crippen LogP contribution in [0.4, 0.5) is 0 Å². The Morgan fingerprint density at radius 1 is 1.12 bits per heavy atom. The predicted molar refractivity (Wildman–Crippen MR) is 68.1 cm³/mol. The normalized spacial score (nSPS) is 13.6. The van der Waals surface area contributed by atoms with Crippen molar-refractivity contribution in [3.05, 3.63) is 35.9 Å². The first-order chi connectivity index (χ1) is 7.60. The van der Waals surface area contributed by atoms with Gasteiger partial charge in [-0.1, -0.05) is 50.6 Å². The van der Waals surface area contributed by atoms with Crippen LogP contribution in [0.2, 0.25) is 0 Å². The van der Waals surface area contributed by atoms with Crippen LogP contribution in [0, 0.1) is 0 Å². The SMILES string of the molecule is CCCC(CC)S(=O)(=O)Cc1ccccc1. The van der Waals surface area contributed by atoms with E-state index in [9.17, 15) is 8.42 Å². The Balaban J connectivity index is 2.78. The lowest BCUT2D eigenvalue weighted by Gasteiger charge is -2.14. The smallest absolute Gasteiger partial charge is 0.157 e. The molecule has 0 fully saturated rings. The molecule has 0 aliphatic rings. The summed E-state index contributed by atoms with van der Waals surface area (Å²) in [6.45, 7) is 3.98. The Hall–Kier alpha value is -0.830. The van der Waals surface area contributed by atoms with Gasteiger partial charge < -0.3 is 0 Å². The van der Waals surface area contributed by atoms with Crippen LogP contribution in [0.1, 0.15) is 38.7 Å². The fourth-order valence-electron chi connectivity index (χ4n) is 1.88. The quantitative estimate of drug-likeness (QED) is 0.765. The van der Waals surface area contributed by atoms with Gasteiger partial charge in [-0.25, -0.2) is 8.42 Å². The molecule has 0 aliphatic heterocycles. The molecule has 1 atom stereocenters. The summed E-state index contributed by atoms with van der Waals surface area (Å²) >= 11 is 0. The van der Waals surface area contributed by atoms with Gasteiger partial charge in [0.15, 0.2) is 9.84 Å². The number of hydrogen-bond acceptors (Lipinski definition) is 2. The summed E-state index contributed by atoms with van der Waals surface area (Å²) in [5.74, 6) is 0.173. The van der Waals surface area contributed by atoms with Crippen molar-refractivity contribution >= 4 is 9.84 Å². The lowest BCUT2D eigenvalue weighted by Crippen LogP contribution is -2.22. The highest BCUT2D eigenvalue weighted by Gasteiger charge is 2.22. The van der Waals surface area contributed by atoms with Crippen molar-refractivity contribution < 1.29 is 8.42 Å². The third-order valence-corrected chi connectivity index (χ3v) is 5.11. The molecule has 0 saturated carbocycles. The van der Waals surface area contributed by atoms with E-state index < -0.39 is 9.84 Å². The van der Waals surface area contributed by atoms with E-state index in [0.717, 1.165) is 18.4 Å². The molecular formula is C13H20O2S. The van der Waals surface area contributed by atoms with Crippen molar-refractivity contribution in [2.45, 2.75) is 44.1 Å². The van der Waals surface area contributed by atoms with Gasteiger partial charge in [0.1, 0.15) is 0 Å². The van der Waals surface area contributed by atoms with Crippen molar-refractivity contribution in [2.75, 3.05) is 0 Å². The van der Waals surface area contributed by atoms with E-state index in [4.69, 9.17) is 0 Å². The summed E-state index contributed by atoms with van der Waals surface area (Å²) in [7, 11) is -2.99. The first kappa shape index (κ1) is 13.2. The zero-order valence-electron chi connectivity index (χ0n) is 10.0. The first-order valence-corrected chi connectivity index (χ1v) is 7.57. The minimum atomic E-state index is -2.99. The molecule has 0 N–H and O–H groups in total. The molecule has 1 rings (SSSR count). The second-order valence-corrected chi connectivity index (χ2v) is 6.39. The minimum Gasteiger partial charge on any atom is -0.228 e. The van der Waals surface area contributed by atoms with Gasteiger partial charge >= 0.3 is 0 Å². The zero-order chi connectivity index (χ0) is 12.0. The van der Waals surface area contributed by atoms with Crippen LogP contribution in [0.15, 0.2) is 30.3 Å². The van der Waals surface area contributed by atoms with Gasteiger partial charge in [0.05, 0.1) is 11.0 Å². The summed E-state index contributed by atoms with van der Waals surface area (Å²) in [6, 6.07) is 9.41. The van der Waals surface area contributed by atoms with Crippen molar-refractivity contribution in [3.8, 4) is 0 Å². The Labute approximate surface area is 98.6 Å². The molecule has 1 aromatic carbocycles. The van der Waals surface area contributed by atoms with Crippen LogP contribution in [-0.4, -0.2) is 13.7 Å². The lowest BCUT2D eigenvalue weighted by molar-refractivity contribution is 0.563. The zero-order valence-corrected chi connectivity index (χ0v) is 10.8. The molecule has 16 heavy (non-hydrogen) atoms. The standard InChI is InChI=1S/C13H20O2S/c1-3-8-13(4-2)16(14,15)11-12-9-6-5-7-10-12/h5-7,9-10,13H,3-4,8,11H2,1-2H3. The molecular weight excluding hydrogens is 220 g/mol. The van der Waals surface area contributed by atoms with Gasteiger partial charge in [0.25, 0.3) is 0 Å². The van der Waals surface area contributed by atoms with E-state index in [1.807, 2.05) is 44.2 Å². The molecule has 3 heteroatoms. The van der Waals surface area contributed by atoms with Gasteiger partial charge in [0, 0.05) is 0 Å². The van der Waals surface area contributed by atoms with Gasteiger partial charge in [-0.3, -0.25) is 0 Å². The van der Waals surface area contributed by atoms with E-state index in [2.05, 4.69) is 0 Å². The fourth-order valence-corrected chi connectivity index (χ4v) is 3.88. The number of hydrogen-bond donors (Lipinski definition) is 0. The molecule has 90 valence electrons. The summed E-state index contributed by atoms with van der Waals surface area (Å²) < 4.78 is 24.2. The van der Waals surface area contributed by atoms with Crippen molar-refractivity contribution in [1.82, 2.24) is 0 Å². The number of benzene rings is 1. The molecule has 2 nitrogen and oxygen atoms in total. The summed E-state index contributed by atoms with van der Waals surface area (Å²) in [4.78, 5) is 0. The van der Waals surface area contributed by atoms with Gasteiger partial charge in [-0.05, 0) is 18.4 Å². The maximum absolute atomic E-state index is 12.1. The third-order valence-electron chi connectivity index (χ3n) is 2.78. The fraction of sp³-hybridized carbons (Fsp3) is 0.538. The van der Waals surface area contributed by atoms with Gasteiger partial charge in [-0.2, -0.15) is 0 Å². The molecule has 1 unspecified atom stereocenters. The largest absolute Gasteiger partial charge is 0.228 e. The lowest BCUT2D eigenvalue weighted by atomic mass is 10.2. The minimum absolute atomic E-state index is 0.173. The van der Waals surface area contributed by atoms with Crippen LogP contribution < -0.4 is 0 Å². The van der Waals surface area contributed by atoms with Crippen molar-refractivity contribution in [1.29, 1.82) is 0 Å². The molecule has 1 aromatic rings. The van der Waals surface area contributed by atoms with Crippen LogP contribution in [0.25, 0.3) is 0 Å².